The van der Waals surface area contributed by atoms with Gasteiger partial charge in [-0.15, -0.1) is 0 Å². The first kappa shape index (κ1) is 15.3. The summed E-state index contributed by atoms with van der Waals surface area (Å²) in [5.41, 5.74) is 1.93. The maximum Gasteiger partial charge on any atom is 0.308 e. The number of aliphatic carboxylic acids is 1. The van der Waals surface area contributed by atoms with Crippen LogP contribution >= 0.6 is 0 Å². The molecule has 1 amide bonds. The highest BCUT2D eigenvalue weighted by Gasteiger charge is 2.40. The number of carboxylic acids is 1. The Morgan fingerprint density at radius 1 is 0.957 bits per heavy atom. The second-order valence-corrected chi connectivity index (χ2v) is 5.92. The molecular weight excluding hydrogens is 290 g/mol. The van der Waals surface area contributed by atoms with E-state index >= 15 is 0 Å². The van der Waals surface area contributed by atoms with Crippen LogP contribution in [0.5, 0.6) is 0 Å². The van der Waals surface area contributed by atoms with Crippen molar-refractivity contribution in [2.75, 3.05) is 13.1 Å². The van der Waals surface area contributed by atoms with Gasteiger partial charge in [0, 0.05) is 19.0 Å². The van der Waals surface area contributed by atoms with Gasteiger partial charge in [-0.25, -0.2) is 0 Å². The molecule has 1 aliphatic rings. The first-order valence-electron chi connectivity index (χ1n) is 7.74. The molecule has 1 saturated heterocycles. The summed E-state index contributed by atoms with van der Waals surface area (Å²) in [6.45, 7) is 0.743. The zero-order chi connectivity index (χ0) is 16.2. The highest BCUT2D eigenvalue weighted by molar-refractivity contribution is 5.81. The van der Waals surface area contributed by atoms with Gasteiger partial charge in [-0.3, -0.25) is 9.59 Å². The van der Waals surface area contributed by atoms with Gasteiger partial charge >= 0.3 is 5.97 Å². The molecule has 0 aromatic heterocycles. The molecule has 0 spiro atoms. The predicted octanol–water partition coefficient (Wildman–Crippen LogP) is 2.56. The molecule has 118 valence electrons. The number of hydrogen-bond donors (Lipinski definition) is 1. The number of benzene rings is 2. The van der Waals surface area contributed by atoms with Gasteiger partial charge in [0.1, 0.15) is 0 Å². The van der Waals surface area contributed by atoms with Gasteiger partial charge in [0.2, 0.25) is 5.91 Å². The molecule has 1 heterocycles. The van der Waals surface area contributed by atoms with Crippen LogP contribution in [0.3, 0.4) is 0 Å². The quantitative estimate of drug-likeness (QED) is 0.944. The van der Waals surface area contributed by atoms with Crippen LogP contribution in [0.15, 0.2) is 60.7 Å². The van der Waals surface area contributed by atoms with E-state index in [-0.39, 0.29) is 18.4 Å². The fourth-order valence-corrected chi connectivity index (χ4v) is 3.18. The van der Waals surface area contributed by atoms with E-state index in [1.54, 1.807) is 4.90 Å². The monoisotopic (exact) mass is 309 g/mol. The van der Waals surface area contributed by atoms with Crippen LogP contribution in [0, 0.1) is 5.92 Å². The Bertz CT molecular complexity index is 684. The van der Waals surface area contributed by atoms with Crippen molar-refractivity contribution in [2.45, 2.75) is 12.3 Å². The van der Waals surface area contributed by atoms with Crippen LogP contribution in [-0.4, -0.2) is 35.0 Å². The number of amides is 1. The molecule has 2 atom stereocenters. The maximum atomic E-state index is 12.5. The van der Waals surface area contributed by atoms with E-state index in [1.807, 2.05) is 60.7 Å². The summed E-state index contributed by atoms with van der Waals surface area (Å²) in [6, 6.07) is 19.1. The largest absolute Gasteiger partial charge is 0.481 e. The van der Waals surface area contributed by atoms with E-state index in [9.17, 15) is 14.7 Å². The summed E-state index contributed by atoms with van der Waals surface area (Å²) in [5, 5.41) is 9.50. The number of likely N-dealkylation sites (tertiary alicyclic amines) is 1. The zero-order valence-corrected chi connectivity index (χ0v) is 12.8. The minimum Gasteiger partial charge on any atom is -0.481 e. The van der Waals surface area contributed by atoms with Crippen molar-refractivity contribution in [1.82, 2.24) is 4.90 Å². The van der Waals surface area contributed by atoms with Gasteiger partial charge in [0.05, 0.1) is 12.3 Å². The van der Waals surface area contributed by atoms with Crippen molar-refractivity contribution in [3.8, 4) is 0 Å². The van der Waals surface area contributed by atoms with E-state index in [0.717, 1.165) is 11.1 Å². The molecule has 2 aromatic rings. The number of carboxylic acid groups (broad SMARTS) is 1. The van der Waals surface area contributed by atoms with E-state index in [2.05, 4.69) is 0 Å². The third-order valence-corrected chi connectivity index (χ3v) is 4.42. The van der Waals surface area contributed by atoms with E-state index in [0.29, 0.717) is 13.0 Å². The first-order chi connectivity index (χ1) is 11.1. The maximum absolute atomic E-state index is 12.5. The first-order valence-corrected chi connectivity index (χ1v) is 7.74. The molecule has 0 aliphatic carbocycles. The molecule has 4 nitrogen and oxygen atoms in total. The van der Waals surface area contributed by atoms with E-state index < -0.39 is 11.9 Å². The minimum atomic E-state index is -0.839. The van der Waals surface area contributed by atoms with Gasteiger partial charge in [0.25, 0.3) is 0 Å². The third-order valence-electron chi connectivity index (χ3n) is 4.42. The van der Waals surface area contributed by atoms with Crippen molar-refractivity contribution in [2.24, 2.45) is 5.92 Å². The van der Waals surface area contributed by atoms with Crippen LogP contribution in [0.2, 0.25) is 0 Å². The van der Waals surface area contributed by atoms with Crippen LogP contribution < -0.4 is 0 Å². The van der Waals surface area contributed by atoms with Crippen LogP contribution in [-0.2, 0) is 16.0 Å². The molecule has 0 radical (unpaired) electrons. The molecule has 1 N–H and O–H groups in total. The molecule has 4 heteroatoms. The molecule has 1 aliphatic heterocycles. The fraction of sp³-hybridized carbons (Fsp3) is 0.263. The summed E-state index contributed by atoms with van der Waals surface area (Å²) in [6.07, 6.45) is 0.314. The normalized spacial score (nSPS) is 20.4. The van der Waals surface area contributed by atoms with Crippen LogP contribution in [0.25, 0.3) is 0 Å². The molecule has 1 fully saturated rings. The molecule has 0 bridgehead atoms. The highest BCUT2D eigenvalue weighted by atomic mass is 16.4. The van der Waals surface area contributed by atoms with Gasteiger partial charge in [-0.1, -0.05) is 60.7 Å². The number of hydrogen-bond acceptors (Lipinski definition) is 2. The average molecular weight is 309 g/mol. The highest BCUT2D eigenvalue weighted by Crippen LogP contribution is 2.33. The summed E-state index contributed by atoms with van der Waals surface area (Å²) in [4.78, 5) is 25.8. The van der Waals surface area contributed by atoms with E-state index in [1.165, 1.54) is 0 Å². The predicted molar refractivity (Wildman–Crippen MR) is 87.0 cm³/mol. The fourth-order valence-electron chi connectivity index (χ4n) is 3.18. The molecular formula is C19H19NO3. The SMILES string of the molecule is O=C(O)[C@@H]1CN(C(=O)Cc2ccccc2)C[C@@H]1c1ccccc1. The van der Waals surface area contributed by atoms with Crippen molar-refractivity contribution in [1.29, 1.82) is 0 Å². The van der Waals surface area contributed by atoms with Crippen molar-refractivity contribution in [3.05, 3.63) is 71.8 Å². The smallest absolute Gasteiger partial charge is 0.308 e. The number of carbonyl (C=O) groups is 2. The Morgan fingerprint density at radius 2 is 1.57 bits per heavy atom. The van der Waals surface area contributed by atoms with Gasteiger partial charge in [-0.2, -0.15) is 0 Å². The molecule has 23 heavy (non-hydrogen) atoms. The Morgan fingerprint density at radius 3 is 2.17 bits per heavy atom. The number of nitrogens with zero attached hydrogens (tertiary/aromatic N) is 1. The van der Waals surface area contributed by atoms with Gasteiger partial charge < -0.3 is 10.0 Å². The number of rotatable bonds is 4. The second kappa shape index (κ2) is 6.65. The van der Waals surface area contributed by atoms with Crippen molar-refractivity contribution in [3.63, 3.8) is 0 Å². The molecule has 0 saturated carbocycles. The molecule has 3 rings (SSSR count). The van der Waals surface area contributed by atoms with Crippen LogP contribution in [0.4, 0.5) is 0 Å². The Kier molecular flexibility index (Phi) is 4.42. The summed E-state index contributed by atoms with van der Waals surface area (Å²) in [7, 11) is 0. The summed E-state index contributed by atoms with van der Waals surface area (Å²) < 4.78 is 0. The topological polar surface area (TPSA) is 57.6 Å². The van der Waals surface area contributed by atoms with Gasteiger partial charge in [0.15, 0.2) is 0 Å². The summed E-state index contributed by atoms with van der Waals surface area (Å²) in [5.74, 6) is -1.54. The Labute approximate surface area is 135 Å². The summed E-state index contributed by atoms with van der Waals surface area (Å²) >= 11 is 0. The minimum absolute atomic E-state index is 0.0131. The van der Waals surface area contributed by atoms with E-state index in [4.69, 9.17) is 0 Å². The average Bonchev–Trinajstić information content (AvgIpc) is 3.02. The molecule has 2 aromatic carbocycles. The lowest BCUT2D eigenvalue weighted by Gasteiger charge is -2.16. The third kappa shape index (κ3) is 3.42. The Hall–Kier alpha value is -2.62. The number of carbonyl (C=O) groups excluding carboxylic acids is 1. The Balaban J connectivity index is 1.75. The second-order valence-electron chi connectivity index (χ2n) is 5.92. The van der Waals surface area contributed by atoms with Gasteiger partial charge in [-0.05, 0) is 11.1 Å². The van der Waals surface area contributed by atoms with Crippen LogP contribution in [0.1, 0.15) is 17.0 Å². The lowest BCUT2D eigenvalue weighted by atomic mass is 9.89. The molecule has 0 unspecified atom stereocenters. The lowest BCUT2D eigenvalue weighted by Crippen LogP contribution is -2.31. The lowest BCUT2D eigenvalue weighted by molar-refractivity contribution is -0.141. The standard InChI is InChI=1S/C19H19NO3/c21-18(11-14-7-3-1-4-8-14)20-12-16(17(13-20)19(22)23)15-9-5-2-6-10-15/h1-10,16-17H,11-13H2,(H,22,23)/t16-,17-/m1/s1. The van der Waals surface area contributed by atoms with Crippen molar-refractivity contribution >= 4 is 11.9 Å². The van der Waals surface area contributed by atoms with Crippen molar-refractivity contribution < 1.29 is 14.7 Å². The zero-order valence-electron chi connectivity index (χ0n) is 12.8.